The number of nitrogens with one attached hydrogen (secondary N) is 1. The third kappa shape index (κ3) is 7.90. The fourth-order valence-electron chi connectivity index (χ4n) is 2.27. The molecule has 2 rings (SSSR count). The fraction of sp³-hybridized carbons (Fsp3) is 0.316. The number of carbonyl (C=O) groups is 1. The third-order valence-electron chi connectivity index (χ3n) is 3.65. The number of ether oxygens (including phenoxy) is 1. The lowest BCUT2D eigenvalue weighted by molar-refractivity contribution is -0.121. The topological polar surface area (TPSA) is 64.4 Å². The zero-order valence-electron chi connectivity index (χ0n) is 14.0. The van der Waals surface area contributed by atoms with E-state index in [0.29, 0.717) is 31.7 Å². The summed E-state index contributed by atoms with van der Waals surface area (Å²) < 4.78 is 18.2. The van der Waals surface area contributed by atoms with Gasteiger partial charge in [0.15, 0.2) is 0 Å². The lowest BCUT2D eigenvalue weighted by Gasteiger charge is -2.08. The summed E-state index contributed by atoms with van der Waals surface area (Å²) in [5.74, 6) is 0.404. The van der Waals surface area contributed by atoms with Gasteiger partial charge < -0.3 is 15.8 Å². The number of nitrogens with two attached hydrogens (primary N) is 1. The van der Waals surface area contributed by atoms with Crippen LogP contribution >= 0.6 is 12.4 Å². The molecule has 6 heteroatoms. The van der Waals surface area contributed by atoms with Gasteiger partial charge in [0.25, 0.3) is 0 Å². The molecule has 3 N–H and O–H groups in total. The molecule has 2 aromatic rings. The number of hydrogen-bond acceptors (Lipinski definition) is 3. The van der Waals surface area contributed by atoms with Gasteiger partial charge in [0.05, 0.1) is 6.61 Å². The SMILES string of the molecule is Cl.Nc1ccccc1CCC(=O)NCCCCOc1ccc(F)cc1. The predicted molar refractivity (Wildman–Crippen MR) is 101 cm³/mol. The van der Waals surface area contributed by atoms with Gasteiger partial charge in [0, 0.05) is 18.7 Å². The lowest BCUT2D eigenvalue weighted by atomic mass is 10.1. The quantitative estimate of drug-likeness (QED) is 0.525. The molecule has 136 valence electrons. The molecular formula is C19H24ClFN2O2. The standard InChI is InChI=1S/C19H23FN2O2.ClH/c20-16-8-10-17(11-9-16)24-14-4-3-13-22-19(23)12-7-15-5-1-2-6-18(15)21;/h1-2,5-6,8-11H,3-4,7,12-14,21H2,(H,22,23);1H. The number of rotatable bonds is 9. The Morgan fingerprint density at radius 2 is 1.80 bits per heavy atom. The molecular weight excluding hydrogens is 343 g/mol. The van der Waals surface area contributed by atoms with Gasteiger partial charge in [-0.25, -0.2) is 4.39 Å². The second-order valence-electron chi connectivity index (χ2n) is 5.56. The Bertz CT molecular complexity index is 650. The summed E-state index contributed by atoms with van der Waals surface area (Å²) in [5.41, 5.74) is 7.58. The molecule has 0 fully saturated rings. The first-order valence-electron chi connectivity index (χ1n) is 8.13. The summed E-state index contributed by atoms with van der Waals surface area (Å²) in [6, 6.07) is 13.5. The highest BCUT2D eigenvalue weighted by molar-refractivity contribution is 5.85. The maximum absolute atomic E-state index is 12.7. The molecule has 0 aliphatic heterocycles. The van der Waals surface area contributed by atoms with Gasteiger partial charge in [0.1, 0.15) is 11.6 Å². The van der Waals surface area contributed by atoms with Crippen LogP contribution in [0.25, 0.3) is 0 Å². The maximum atomic E-state index is 12.7. The first-order valence-corrected chi connectivity index (χ1v) is 8.13. The molecule has 0 unspecified atom stereocenters. The summed E-state index contributed by atoms with van der Waals surface area (Å²) >= 11 is 0. The lowest BCUT2D eigenvalue weighted by Crippen LogP contribution is -2.25. The minimum absolute atomic E-state index is 0. The first-order chi connectivity index (χ1) is 11.6. The number of benzene rings is 2. The molecule has 4 nitrogen and oxygen atoms in total. The van der Waals surface area contributed by atoms with E-state index in [1.165, 1.54) is 12.1 Å². The Morgan fingerprint density at radius 1 is 1.08 bits per heavy atom. The first kappa shape index (κ1) is 20.8. The van der Waals surface area contributed by atoms with Crippen LogP contribution in [0, 0.1) is 5.82 Å². The Balaban J connectivity index is 0.00000312. The largest absolute Gasteiger partial charge is 0.494 e. The highest BCUT2D eigenvalue weighted by Crippen LogP contribution is 2.13. The van der Waals surface area contributed by atoms with E-state index < -0.39 is 0 Å². The Labute approximate surface area is 154 Å². The van der Waals surface area contributed by atoms with Crippen LogP contribution < -0.4 is 15.8 Å². The minimum Gasteiger partial charge on any atom is -0.494 e. The van der Waals surface area contributed by atoms with Crippen LogP contribution in [0.1, 0.15) is 24.8 Å². The van der Waals surface area contributed by atoms with Crippen LogP contribution in [-0.2, 0) is 11.2 Å². The van der Waals surface area contributed by atoms with Gasteiger partial charge in [-0.15, -0.1) is 12.4 Å². The smallest absolute Gasteiger partial charge is 0.220 e. The van der Waals surface area contributed by atoms with E-state index in [2.05, 4.69) is 5.32 Å². The van der Waals surface area contributed by atoms with Crippen molar-refractivity contribution in [2.75, 3.05) is 18.9 Å². The number of nitrogen functional groups attached to an aromatic ring is 1. The number of halogens is 2. The summed E-state index contributed by atoms with van der Waals surface area (Å²) in [6.45, 7) is 1.16. The third-order valence-corrected chi connectivity index (χ3v) is 3.65. The number of anilines is 1. The molecule has 0 aromatic heterocycles. The Hall–Kier alpha value is -2.27. The molecule has 25 heavy (non-hydrogen) atoms. The van der Waals surface area contributed by atoms with Crippen LogP contribution in [0.4, 0.5) is 10.1 Å². The Morgan fingerprint density at radius 3 is 2.52 bits per heavy atom. The zero-order chi connectivity index (χ0) is 17.2. The summed E-state index contributed by atoms with van der Waals surface area (Å²) in [4.78, 5) is 11.8. The molecule has 0 spiro atoms. The number of hydrogen-bond donors (Lipinski definition) is 2. The van der Waals surface area contributed by atoms with Crippen molar-refractivity contribution in [3.8, 4) is 5.75 Å². The molecule has 0 aliphatic carbocycles. The molecule has 1 amide bonds. The monoisotopic (exact) mass is 366 g/mol. The highest BCUT2D eigenvalue weighted by Gasteiger charge is 2.04. The zero-order valence-corrected chi connectivity index (χ0v) is 14.9. The predicted octanol–water partition coefficient (Wildman–Crippen LogP) is 3.74. The highest BCUT2D eigenvalue weighted by atomic mass is 35.5. The second kappa shape index (κ2) is 11.3. The summed E-state index contributed by atoms with van der Waals surface area (Å²) in [5, 5.41) is 2.89. The van der Waals surface area contributed by atoms with E-state index in [-0.39, 0.29) is 24.1 Å². The van der Waals surface area contributed by atoms with E-state index in [4.69, 9.17) is 10.5 Å². The molecule has 0 atom stereocenters. The van der Waals surface area contributed by atoms with E-state index >= 15 is 0 Å². The van der Waals surface area contributed by atoms with Gasteiger partial charge >= 0.3 is 0 Å². The number of unbranched alkanes of at least 4 members (excludes halogenated alkanes) is 1. The van der Waals surface area contributed by atoms with Crippen molar-refractivity contribution in [2.45, 2.75) is 25.7 Å². The molecule has 0 saturated heterocycles. The number of amides is 1. The van der Waals surface area contributed by atoms with Crippen molar-refractivity contribution in [2.24, 2.45) is 0 Å². The molecule has 0 heterocycles. The molecule has 0 bridgehead atoms. The van der Waals surface area contributed by atoms with Crippen LogP contribution in [0.5, 0.6) is 5.75 Å². The fourth-order valence-corrected chi connectivity index (χ4v) is 2.27. The van der Waals surface area contributed by atoms with Crippen molar-refractivity contribution < 1.29 is 13.9 Å². The van der Waals surface area contributed by atoms with Crippen LogP contribution in [0.3, 0.4) is 0 Å². The average Bonchev–Trinajstić information content (AvgIpc) is 2.59. The minimum atomic E-state index is -0.276. The van der Waals surface area contributed by atoms with Crippen molar-refractivity contribution >= 4 is 24.0 Å². The maximum Gasteiger partial charge on any atom is 0.220 e. The number of carbonyl (C=O) groups excluding carboxylic acids is 1. The molecule has 2 aromatic carbocycles. The molecule has 0 radical (unpaired) electrons. The van der Waals surface area contributed by atoms with E-state index in [0.717, 1.165) is 24.1 Å². The van der Waals surface area contributed by atoms with Gasteiger partial charge in [-0.1, -0.05) is 18.2 Å². The molecule has 0 aliphatic rings. The summed E-state index contributed by atoms with van der Waals surface area (Å²) in [6.07, 6.45) is 2.73. The van der Waals surface area contributed by atoms with Crippen LogP contribution in [0.15, 0.2) is 48.5 Å². The average molecular weight is 367 g/mol. The van der Waals surface area contributed by atoms with Crippen molar-refractivity contribution in [1.29, 1.82) is 0 Å². The van der Waals surface area contributed by atoms with E-state index in [1.54, 1.807) is 12.1 Å². The van der Waals surface area contributed by atoms with Crippen LogP contribution in [-0.4, -0.2) is 19.1 Å². The van der Waals surface area contributed by atoms with Crippen molar-refractivity contribution in [3.05, 3.63) is 59.9 Å². The van der Waals surface area contributed by atoms with Gasteiger partial charge in [-0.2, -0.15) is 0 Å². The van der Waals surface area contributed by atoms with E-state index in [1.807, 2.05) is 24.3 Å². The molecule has 0 saturated carbocycles. The van der Waals surface area contributed by atoms with Crippen molar-refractivity contribution in [1.82, 2.24) is 5.32 Å². The number of aryl methyl sites for hydroxylation is 1. The second-order valence-corrected chi connectivity index (χ2v) is 5.56. The van der Waals surface area contributed by atoms with E-state index in [9.17, 15) is 9.18 Å². The van der Waals surface area contributed by atoms with Crippen LogP contribution in [0.2, 0.25) is 0 Å². The normalized spacial score (nSPS) is 9.96. The summed E-state index contributed by atoms with van der Waals surface area (Å²) in [7, 11) is 0. The Kier molecular flexibility index (Phi) is 9.40. The van der Waals surface area contributed by atoms with Gasteiger partial charge in [-0.05, 0) is 55.2 Å². The number of para-hydroxylation sites is 1. The van der Waals surface area contributed by atoms with Crippen molar-refractivity contribution in [3.63, 3.8) is 0 Å². The van der Waals surface area contributed by atoms with Gasteiger partial charge in [-0.3, -0.25) is 4.79 Å². The van der Waals surface area contributed by atoms with Gasteiger partial charge in [0.2, 0.25) is 5.91 Å².